The van der Waals surface area contributed by atoms with E-state index in [1.54, 1.807) is 6.92 Å². The van der Waals surface area contributed by atoms with Crippen molar-refractivity contribution in [2.75, 3.05) is 6.26 Å². The second-order valence-corrected chi connectivity index (χ2v) is 5.86. The number of carboxylic acids is 1. The van der Waals surface area contributed by atoms with E-state index >= 15 is 0 Å². The predicted molar refractivity (Wildman–Crippen MR) is 65.3 cm³/mol. The molecule has 2 nitrogen and oxygen atoms in total. The van der Waals surface area contributed by atoms with Gasteiger partial charge in [-0.3, -0.25) is 0 Å². The quantitative estimate of drug-likeness (QED) is 0.753. The number of hydrogen-bond donors (Lipinski definition) is 1. The molecule has 1 aliphatic rings. The molecule has 86 valence electrons. The fourth-order valence-corrected chi connectivity index (χ4v) is 2.92. The highest BCUT2D eigenvalue weighted by atomic mass is 32.2. The Kier molecular flexibility index (Phi) is 4.26. The van der Waals surface area contributed by atoms with E-state index in [0.717, 1.165) is 18.1 Å². The van der Waals surface area contributed by atoms with E-state index in [9.17, 15) is 4.79 Å². The van der Waals surface area contributed by atoms with Crippen LogP contribution < -0.4 is 0 Å². The SMILES string of the molecule is CSC1CCC(C)(C=C(C)C(=O)O)CC1. The van der Waals surface area contributed by atoms with Gasteiger partial charge in [0.25, 0.3) is 0 Å². The molecule has 1 saturated carbocycles. The van der Waals surface area contributed by atoms with Crippen LogP contribution in [0.2, 0.25) is 0 Å². The molecule has 0 aromatic heterocycles. The molecule has 0 spiro atoms. The van der Waals surface area contributed by atoms with Gasteiger partial charge in [0.1, 0.15) is 0 Å². The van der Waals surface area contributed by atoms with Gasteiger partial charge >= 0.3 is 5.97 Å². The lowest BCUT2D eigenvalue weighted by atomic mass is 9.74. The molecule has 0 aliphatic heterocycles. The fourth-order valence-electron chi connectivity index (χ4n) is 2.22. The van der Waals surface area contributed by atoms with E-state index in [1.807, 2.05) is 17.8 Å². The largest absolute Gasteiger partial charge is 0.478 e. The average molecular weight is 228 g/mol. The second kappa shape index (κ2) is 5.06. The Balaban J connectivity index is 2.62. The zero-order valence-electron chi connectivity index (χ0n) is 9.75. The molecule has 0 heterocycles. The Labute approximate surface area is 96.1 Å². The molecule has 0 bridgehead atoms. The second-order valence-electron chi connectivity index (χ2n) is 4.72. The van der Waals surface area contributed by atoms with Crippen LogP contribution in [0.5, 0.6) is 0 Å². The number of carboxylic acid groups (broad SMARTS) is 1. The van der Waals surface area contributed by atoms with Crippen LogP contribution in [0.25, 0.3) is 0 Å². The van der Waals surface area contributed by atoms with E-state index in [2.05, 4.69) is 13.2 Å². The highest BCUT2D eigenvalue weighted by Crippen LogP contribution is 2.41. The maximum absolute atomic E-state index is 10.8. The molecule has 3 heteroatoms. The standard InChI is InChI=1S/C12H20O2S/c1-9(11(13)14)8-12(2)6-4-10(15-3)5-7-12/h8,10H,4-7H2,1-3H3,(H,13,14). The van der Waals surface area contributed by atoms with Gasteiger partial charge in [-0.1, -0.05) is 13.0 Å². The first-order chi connectivity index (χ1) is 6.97. The first-order valence-corrected chi connectivity index (χ1v) is 6.71. The molecule has 0 aromatic carbocycles. The summed E-state index contributed by atoms with van der Waals surface area (Å²) in [6.45, 7) is 3.87. The van der Waals surface area contributed by atoms with Gasteiger partial charge in [-0.05, 0) is 44.3 Å². The maximum atomic E-state index is 10.8. The summed E-state index contributed by atoms with van der Waals surface area (Å²) >= 11 is 1.93. The Bertz CT molecular complexity index is 263. The van der Waals surface area contributed by atoms with Crippen molar-refractivity contribution in [2.24, 2.45) is 5.41 Å². The minimum atomic E-state index is -0.789. The molecule has 0 atom stereocenters. The van der Waals surface area contributed by atoms with E-state index in [4.69, 9.17) is 5.11 Å². The van der Waals surface area contributed by atoms with Crippen molar-refractivity contribution in [1.82, 2.24) is 0 Å². The zero-order chi connectivity index (χ0) is 11.5. The molecule has 0 radical (unpaired) electrons. The summed E-state index contributed by atoms with van der Waals surface area (Å²) in [6, 6.07) is 0. The van der Waals surface area contributed by atoms with Crippen LogP contribution in [0.4, 0.5) is 0 Å². The van der Waals surface area contributed by atoms with Crippen molar-refractivity contribution >= 4 is 17.7 Å². The highest BCUT2D eigenvalue weighted by molar-refractivity contribution is 7.99. The average Bonchev–Trinajstić information content (AvgIpc) is 2.18. The first kappa shape index (κ1) is 12.6. The number of carbonyl (C=O) groups is 1. The van der Waals surface area contributed by atoms with Crippen molar-refractivity contribution < 1.29 is 9.90 Å². The number of aliphatic carboxylic acids is 1. The number of allylic oxidation sites excluding steroid dienone is 1. The number of hydrogen-bond acceptors (Lipinski definition) is 2. The van der Waals surface area contributed by atoms with Gasteiger partial charge in [-0.15, -0.1) is 0 Å². The van der Waals surface area contributed by atoms with Crippen LogP contribution in [-0.2, 0) is 4.79 Å². The number of rotatable bonds is 3. The van der Waals surface area contributed by atoms with E-state index in [0.29, 0.717) is 5.57 Å². The third kappa shape index (κ3) is 3.56. The summed E-state index contributed by atoms with van der Waals surface area (Å²) in [7, 11) is 0. The lowest BCUT2D eigenvalue weighted by molar-refractivity contribution is -0.132. The van der Waals surface area contributed by atoms with E-state index in [1.165, 1.54) is 12.8 Å². The molecule has 1 fully saturated rings. The molecule has 1 aliphatic carbocycles. The third-order valence-corrected chi connectivity index (χ3v) is 4.45. The smallest absolute Gasteiger partial charge is 0.330 e. The summed E-state index contributed by atoms with van der Waals surface area (Å²) in [5, 5.41) is 9.63. The molecule has 0 saturated heterocycles. The molecule has 1 N–H and O–H groups in total. The third-order valence-electron chi connectivity index (χ3n) is 3.31. The maximum Gasteiger partial charge on any atom is 0.330 e. The van der Waals surface area contributed by atoms with Crippen molar-refractivity contribution in [1.29, 1.82) is 0 Å². The lowest BCUT2D eigenvalue weighted by Gasteiger charge is -2.34. The van der Waals surface area contributed by atoms with Gasteiger partial charge in [0.15, 0.2) is 0 Å². The van der Waals surface area contributed by atoms with Crippen molar-refractivity contribution in [3.63, 3.8) is 0 Å². The Hall–Kier alpha value is -0.440. The van der Waals surface area contributed by atoms with Crippen LogP contribution in [0.1, 0.15) is 39.5 Å². The highest BCUT2D eigenvalue weighted by Gasteiger charge is 2.29. The van der Waals surface area contributed by atoms with Gasteiger partial charge in [-0.25, -0.2) is 4.79 Å². The van der Waals surface area contributed by atoms with Crippen LogP contribution in [0.15, 0.2) is 11.6 Å². The Morgan fingerprint density at radius 2 is 2.00 bits per heavy atom. The zero-order valence-corrected chi connectivity index (χ0v) is 10.6. The lowest BCUT2D eigenvalue weighted by Crippen LogP contribution is -2.24. The van der Waals surface area contributed by atoms with E-state index < -0.39 is 5.97 Å². The van der Waals surface area contributed by atoms with Gasteiger partial charge < -0.3 is 5.11 Å². The summed E-state index contributed by atoms with van der Waals surface area (Å²) in [4.78, 5) is 10.8. The summed E-state index contributed by atoms with van der Waals surface area (Å²) < 4.78 is 0. The van der Waals surface area contributed by atoms with Crippen molar-refractivity contribution in [3.8, 4) is 0 Å². The molecule has 0 aromatic rings. The van der Waals surface area contributed by atoms with Gasteiger partial charge in [0.05, 0.1) is 0 Å². The molecular formula is C12H20O2S. The van der Waals surface area contributed by atoms with Crippen LogP contribution >= 0.6 is 11.8 Å². The number of thioether (sulfide) groups is 1. The van der Waals surface area contributed by atoms with Crippen LogP contribution in [0.3, 0.4) is 0 Å². The summed E-state index contributed by atoms with van der Waals surface area (Å²) in [6.07, 6.45) is 8.76. The first-order valence-electron chi connectivity index (χ1n) is 5.42. The monoisotopic (exact) mass is 228 g/mol. The van der Waals surface area contributed by atoms with Crippen molar-refractivity contribution in [2.45, 2.75) is 44.8 Å². The molecule has 1 rings (SSSR count). The molecule has 0 amide bonds. The minimum absolute atomic E-state index is 0.106. The van der Waals surface area contributed by atoms with E-state index in [-0.39, 0.29) is 5.41 Å². The van der Waals surface area contributed by atoms with Crippen LogP contribution in [0, 0.1) is 5.41 Å². The minimum Gasteiger partial charge on any atom is -0.478 e. The summed E-state index contributed by atoms with van der Waals surface area (Å²) in [5.41, 5.74) is 0.592. The summed E-state index contributed by atoms with van der Waals surface area (Å²) in [5.74, 6) is -0.789. The van der Waals surface area contributed by atoms with Gasteiger partial charge in [0, 0.05) is 10.8 Å². The molecular weight excluding hydrogens is 208 g/mol. The molecule has 0 unspecified atom stereocenters. The Morgan fingerprint density at radius 1 is 1.47 bits per heavy atom. The Morgan fingerprint density at radius 3 is 2.40 bits per heavy atom. The predicted octanol–water partition coefficient (Wildman–Crippen LogP) is 3.33. The normalized spacial score (nSPS) is 32.7. The van der Waals surface area contributed by atoms with Gasteiger partial charge in [0.2, 0.25) is 0 Å². The van der Waals surface area contributed by atoms with Crippen LogP contribution in [-0.4, -0.2) is 22.6 Å². The van der Waals surface area contributed by atoms with Crippen molar-refractivity contribution in [3.05, 3.63) is 11.6 Å². The fraction of sp³-hybridized carbons (Fsp3) is 0.750. The van der Waals surface area contributed by atoms with Gasteiger partial charge in [-0.2, -0.15) is 11.8 Å². The molecule has 15 heavy (non-hydrogen) atoms. The topological polar surface area (TPSA) is 37.3 Å².